The van der Waals surface area contributed by atoms with Crippen LogP contribution in [0, 0.1) is 0 Å². The number of carbonyl (C=O) groups is 1. The Kier molecular flexibility index (Phi) is 6.07. The molecule has 0 bridgehead atoms. The third-order valence-corrected chi connectivity index (χ3v) is 2.58. The van der Waals surface area contributed by atoms with Gasteiger partial charge in [-0.15, -0.1) is 0 Å². The van der Waals surface area contributed by atoms with Gasteiger partial charge in [0.25, 0.3) is 0 Å². The average molecular weight is 237 g/mol. The predicted molar refractivity (Wildman–Crippen MR) is 65.0 cm³/mol. The molecule has 0 fully saturated rings. The van der Waals surface area contributed by atoms with Gasteiger partial charge in [0, 0.05) is 18.7 Å². The molecule has 1 aromatic heterocycles. The first kappa shape index (κ1) is 13.5. The van der Waals surface area contributed by atoms with Crippen LogP contribution in [-0.2, 0) is 16.0 Å². The number of carbonyl (C=O) groups excluding carboxylic acids is 1. The molecule has 0 saturated carbocycles. The molecule has 17 heavy (non-hydrogen) atoms. The van der Waals surface area contributed by atoms with E-state index in [1.54, 1.807) is 7.11 Å². The van der Waals surface area contributed by atoms with Crippen molar-refractivity contribution in [2.75, 3.05) is 14.2 Å². The lowest BCUT2D eigenvalue weighted by molar-refractivity contribution is -0.140. The van der Waals surface area contributed by atoms with Crippen molar-refractivity contribution in [3.63, 3.8) is 0 Å². The lowest BCUT2D eigenvalue weighted by atomic mass is 10.1. The Hall–Kier alpha value is -1.58. The van der Waals surface area contributed by atoms with Crippen LogP contribution in [0.25, 0.3) is 0 Å². The smallest absolute Gasteiger partial charge is 0.305 e. The summed E-state index contributed by atoms with van der Waals surface area (Å²) < 4.78 is 9.57. The van der Waals surface area contributed by atoms with Gasteiger partial charge in [0.1, 0.15) is 0 Å². The zero-order valence-electron chi connectivity index (χ0n) is 10.4. The monoisotopic (exact) mass is 237 g/mol. The van der Waals surface area contributed by atoms with Crippen molar-refractivity contribution < 1.29 is 14.3 Å². The van der Waals surface area contributed by atoms with E-state index in [4.69, 9.17) is 4.74 Å². The number of aryl methyl sites for hydroxylation is 1. The number of aromatic nitrogens is 1. The van der Waals surface area contributed by atoms with Gasteiger partial charge in [0.2, 0.25) is 5.88 Å². The van der Waals surface area contributed by atoms with E-state index in [1.807, 2.05) is 18.3 Å². The number of pyridine rings is 1. The van der Waals surface area contributed by atoms with E-state index in [-0.39, 0.29) is 5.97 Å². The number of methoxy groups -OCH3 is 2. The minimum Gasteiger partial charge on any atom is -0.481 e. The molecule has 0 spiro atoms. The topological polar surface area (TPSA) is 48.4 Å². The van der Waals surface area contributed by atoms with Crippen molar-refractivity contribution in [3.05, 3.63) is 23.9 Å². The van der Waals surface area contributed by atoms with E-state index in [0.29, 0.717) is 12.3 Å². The minimum absolute atomic E-state index is 0.129. The van der Waals surface area contributed by atoms with Crippen molar-refractivity contribution >= 4 is 5.97 Å². The van der Waals surface area contributed by atoms with Gasteiger partial charge >= 0.3 is 5.97 Å². The molecule has 1 rings (SSSR count). The minimum atomic E-state index is -0.129. The highest BCUT2D eigenvalue weighted by atomic mass is 16.5. The van der Waals surface area contributed by atoms with E-state index in [9.17, 15) is 4.79 Å². The first-order valence-corrected chi connectivity index (χ1v) is 5.82. The van der Waals surface area contributed by atoms with Crippen LogP contribution in [0.1, 0.15) is 31.2 Å². The van der Waals surface area contributed by atoms with E-state index in [2.05, 4.69) is 9.72 Å². The Labute approximate surface area is 102 Å². The molecule has 0 aliphatic carbocycles. The van der Waals surface area contributed by atoms with Crippen molar-refractivity contribution in [1.82, 2.24) is 4.98 Å². The maximum atomic E-state index is 10.9. The molecule has 94 valence electrons. The van der Waals surface area contributed by atoms with Crippen LogP contribution in [0.4, 0.5) is 0 Å². The first-order chi connectivity index (χ1) is 8.26. The summed E-state index contributed by atoms with van der Waals surface area (Å²) in [6, 6.07) is 3.88. The molecule has 0 amide bonds. The summed E-state index contributed by atoms with van der Waals surface area (Å²) in [4.78, 5) is 15.0. The highest BCUT2D eigenvalue weighted by molar-refractivity contribution is 5.68. The van der Waals surface area contributed by atoms with Gasteiger partial charge in [-0.2, -0.15) is 0 Å². The molecule has 0 aliphatic rings. The Balaban J connectivity index is 2.15. The van der Waals surface area contributed by atoms with Crippen LogP contribution in [0.3, 0.4) is 0 Å². The average Bonchev–Trinajstić information content (AvgIpc) is 2.38. The fraction of sp³-hybridized carbons (Fsp3) is 0.538. The molecule has 4 nitrogen and oxygen atoms in total. The molecule has 1 aromatic rings. The van der Waals surface area contributed by atoms with Crippen molar-refractivity contribution in [1.29, 1.82) is 0 Å². The third kappa shape index (κ3) is 5.33. The zero-order valence-corrected chi connectivity index (χ0v) is 10.4. The number of esters is 1. The SMILES string of the molecule is COC(=O)CCCCCc1ccc(OC)nc1. The van der Waals surface area contributed by atoms with Gasteiger partial charge in [0.05, 0.1) is 14.2 Å². The molecule has 0 atom stereocenters. The summed E-state index contributed by atoms with van der Waals surface area (Å²) in [6.45, 7) is 0. The fourth-order valence-corrected chi connectivity index (χ4v) is 1.56. The maximum Gasteiger partial charge on any atom is 0.305 e. The lowest BCUT2D eigenvalue weighted by Gasteiger charge is -2.03. The van der Waals surface area contributed by atoms with Gasteiger partial charge in [0.15, 0.2) is 0 Å². The molecular formula is C13H19NO3. The van der Waals surface area contributed by atoms with Gasteiger partial charge < -0.3 is 9.47 Å². The largest absolute Gasteiger partial charge is 0.481 e. The number of hydrogen-bond donors (Lipinski definition) is 0. The van der Waals surface area contributed by atoms with Crippen molar-refractivity contribution in [3.8, 4) is 5.88 Å². The lowest BCUT2D eigenvalue weighted by Crippen LogP contribution is -1.99. The molecule has 0 radical (unpaired) electrons. The van der Waals surface area contributed by atoms with Gasteiger partial charge in [-0.25, -0.2) is 4.98 Å². The van der Waals surface area contributed by atoms with Crippen LogP contribution in [0.15, 0.2) is 18.3 Å². The van der Waals surface area contributed by atoms with Crippen molar-refractivity contribution in [2.45, 2.75) is 32.1 Å². The van der Waals surface area contributed by atoms with Crippen LogP contribution < -0.4 is 4.74 Å². The zero-order chi connectivity index (χ0) is 12.5. The summed E-state index contributed by atoms with van der Waals surface area (Å²) in [5.41, 5.74) is 1.20. The summed E-state index contributed by atoms with van der Waals surface area (Å²) in [6.07, 6.45) is 6.30. The number of ether oxygens (including phenoxy) is 2. The van der Waals surface area contributed by atoms with Crippen LogP contribution in [0.2, 0.25) is 0 Å². The van der Waals surface area contributed by atoms with Crippen molar-refractivity contribution in [2.24, 2.45) is 0 Å². The van der Waals surface area contributed by atoms with Crippen LogP contribution >= 0.6 is 0 Å². The third-order valence-electron chi connectivity index (χ3n) is 2.58. The van der Waals surface area contributed by atoms with E-state index >= 15 is 0 Å². The van der Waals surface area contributed by atoms with E-state index < -0.39 is 0 Å². The highest BCUT2D eigenvalue weighted by Gasteiger charge is 2.00. The molecule has 1 heterocycles. The molecule has 0 aliphatic heterocycles. The number of hydrogen-bond acceptors (Lipinski definition) is 4. The second-order valence-corrected chi connectivity index (χ2v) is 3.85. The van der Waals surface area contributed by atoms with Crippen LogP contribution in [-0.4, -0.2) is 25.2 Å². The summed E-state index contributed by atoms with van der Waals surface area (Å²) in [5.74, 6) is 0.510. The van der Waals surface area contributed by atoms with Gasteiger partial charge in [-0.05, 0) is 24.8 Å². The fourth-order valence-electron chi connectivity index (χ4n) is 1.56. The standard InChI is InChI=1S/C13H19NO3/c1-16-12-9-8-11(10-14-12)6-4-3-5-7-13(15)17-2/h8-10H,3-7H2,1-2H3. The quantitative estimate of drug-likeness (QED) is 0.539. The number of rotatable bonds is 7. The number of nitrogens with zero attached hydrogens (tertiary/aromatic N) is 1. The Morgan fingerprint density at radius 2 is 2.06 bits per heavy atom. The maximum absolute atomic E-state index is 10.9. The van der Waals surface area contributed by atoms with E-state index in [0.717, 1.165) is 25.7 Å². The molecule has 0 aromatic carbocycles. The second-order valence-electron chi connectivity index (χ2n) is 3.85. The van der Waals surface area contributed by atoms with Gasteiger partial charge in [-0.1, -0.05) is 12.5 Å². The molecule has 0 unspecified atom stereocenters. The summed E-state index contributed by atoms with van der Waals surface area (Å²) in [5, 5.41) is 0. The molecule has 0 saturated heterocycles. The molecule has 0 N–H and O–H groups in total. The predicted octanol–water partition coefficient (Wildman–Crippen LogP) is 2.37. The Morgan fingerprint density at radius 3 is 2.65 bits per heavy atom. The number of unbranched alkanes of at least 4 members (excludes halogenated alkanes) is 2. The normalized spacial score (nSPS) is 10.0. The summed E-state index contributed by atoms with van der Waals surface area (Å²) in [7, 11) is 3.03. The first-order valence-electron chi connectivity index (χ1n) is 5.82. The summed E-state index contributed by atoms with van der Waals surface area (Å²) >= 11 is 0. The van der Waals surface area contributed by atoms with E-state index in [1.165, 1.54) is 12.7 Å². The van der Waals surface area contributed by atoms with Gasteiger partial charge in [-0.3, -0.25) is 4.79 Å². The Bertz CT molecular complexity index is 335. The Morgan fingerprint density at radius 1 is 1.24 bits per heavy atom. The van der Waals surface area contributed by atoms with Crippen LogP contribution in [0.5, 0.6) is 5.88 Å². The molecule has 4 heteroatoms. The second kappa shape index (κ2) is 7.65. The molecular weight excluding hydrogens is 218 g/mol. The highest BCUT2D eigenvalue weighted by Crippen LogP contribution is 2.10.